The highest BCUT2D eigenvalue weighted by Crippen LogP contribution is 2.14. The number of aromatic nitrogens is 3. The number of hydrogen-bond donors (Lipinski definition) is 2. The van der Waals surface area contributed by atoms with E-state index in [4.69, 9.17) is 0 Å². The number of amides is 2. The molecule has 1 aromatic heterocycles. The SMILES string of the molecule is CN(C)c1ccc(CNC(=O)NCCc2nnc3n2CCCCC3)cc1. The molecule has 0 aliphatic carbocycles. The molecule has 1 aliphatic heterocycles. The Morgan fingerprint density at radius 3 is 2.69 bits per heavy atom. The molecule has 26 heavy (non-hydrogen) atoms. The molecule has 2 amide bonds. The van der Waals surface area contributed by atoms with Crippen molar-refractivity contribution in [3.63, 3.8) is 0 Å². The molecule has 7 heteroatoms. The first-order valence-electron chi connectivity index (χ1n) is 9.32. The fraction of sp³-hybridized carbons (Fsp3) is 0.526. The molecule has 0 saturated heterocycles. The Kier molecular flexibility index (Phi) is 6.09. The number of carbonyl (C=O) groups is 1. The maximum Gasteiger partial charge on any atom is 0.315 e. The summed E-state index contributed by atoms with van der Waals surface area (Å²) >= 11 is 0. The highest BCUT2D eigenvalue weighted by Gasteiger charge is 2.14. The second-order valence-corrected chi connectivity index (χ2v) is 6.92. The molecular weight excluding hydrogens is 328 g/mol. The van der Waals surface area contributed by atoms with Crippen LogP contribution in [-0.2, 0) is 25.9 Å². The Labute approximate surface area is 154 Å². The van der Waals surface area contributed by atoms with Crippen LogP contribution in [0, 0.1) is 0 Å². The summed E-state index contributed by atoms with van der Waals surface area (Å²) in [7, 11) is 4.02. The number of rotatable bonds is 6. The van der Waals surface area contributed by atoms with Crippen molar-refractivity contribution in [2.75, 3.05) is 25.5 Å². The molecule has 2 aromatic rings. The molecule has 0 atom stereocenters. The van der Waals surface area contributed by atoms with Crippen LogP contribution in [0.3, 0.4) is 0 Å². The van der Waals surface area contributed by atoms with Crippen LogP contribution in [0.15, 0.2) is 24.3 Å². The molecule has 0 fully saturated rings. The van der Waals surface area contributed by atoms with Gasteiger partial charge in [-0.15, -0.1) is 10.2 Å². The van der Waals surface area contributed by atoms with Gasteiger partial charge in [0.15, 0.2) is 0 Å². The van der Waals surface area contributed by atoms with Gasteiger partial charge in [-0.25, -0.2) is 4.79 Å². The first kappa shape index (κ1) is 18.2. The average Bonchev–Trinajstić information content (AvgIpc) is 2.87. The lowest BCUT2D eigenvalue weighted by atomic mass is 10.2. The van der Waals surface area contributed by atoms with Gasteiger partial charge in [-0.1, -0.05) is 18.6 Å². The molecule has 7 nitrogen and oxygen atoms in total. The fourth-order valence-electron chi connectivity index (χ4n) is 3.17. The zero-order valence-electron chi connectivity index (χ0n) is 15.7. The van der Waals surface area contributed by atoms with E-state index in [-0.39, 0.29) is 6.03 Å². The number of anilines is 1. The largest absolute Gasteiger partial charge is 0.378 e. The lowest BCUT2D eigenvalue weighted by Crippen LogP contribution is -2.36. The Morgan fingerprint density at radius 1 is 1.12 bits per heavy atom. The molecule has 1 aromatic carbocycles. The van der Waals surface area contributed by atoms with E-state index in [2.05, 4.69) is 30.3 Å². The van der Waals surface area contributed by atoms with Gasteiger partial charge in [0.05, 0.1) is 0 Å². The van der Waals surface area contributed by atoms with Crippen LogP contribution in [0.5, 0.6) is 0 Å². The highest BCUT2D eigenvalue weighted by molar-refractivity contribution is 5.73. The van der Waals surface area contributed by atoms with Crippen LogP contribution >= 0.6 is 0 Å². The Bertz CT molecular complexity index is 722. The molecule has 3 rings (SSSR count). The van der Waals surface area contributed by atoms with Crippen molar-refractivity contribution in [2.24, 2.45) is 0 Å². The van der Waals surface area contributed by atoms with E-state index in [1.165, 1.54) is 19.3 Å². The van der Waals surface area contributed by atoms with Gasteiger partial charge in [0.25, 0.3) is 0 Å². The van der Waals surface area contributed by atoms with Crippen molar-refractivity contribution in [3.8, 4) is 0 Å². The lowest BCUT2D eigenvalue weighted by molar-refractivity contribution is 0.240. The van der Waals surface area contributed by atoms with Crippen LogP contribution in [0.1, 0.15) is 36.5 Å². The number of nitrogens with zero attached hydrogens (tertiary/aromatic N) is 4. The third-order valence-electron chi connectivity index (χ3n) is 4.73. The Hall–Kier alpha value is -2.57. The molecule has 140 valence electrons. The van der Waals surface area contributed by atoms with Gasteiger partial charge in [-0.2, -0.15) is 0 Å². The predicted octanol–water partition coefficient (Wildman–Crippen LogP) is 2.11. The third kappa shape index (κ3) is 4.74. The van der Waals surface area contributed by atoms with Gasteiger partial charge < -0.3 is 20.1 Å². The van der Waals surface area contributed by atoms with E-state index in [0.717, 1.165) is 35.9 Å². The zero-order chi connectivity index (χ0) is 18.4. The van der Waals surface area contributed by atoms with Crippen molar-refractivity contribution in [2.45, 2.75) is 45.2 Å². The second kappa shape index (κ2) is 8.69. The number of hydrogen-bond acceptors (Lipinski definition) is 4. The summed E-state index contributed by atoms with van der Waals surface area (Å²) in [5.74, 6) is 2.06. The van der Waals surface area contributed by atoms with Gasteiger partial charge in [0.1, 0.15) is 11.6 Å². The number of fused-ring (bicyclic) bond motifs is 1. The van der Waals surface area contributed by atoms with Gasteiger partial charge >= 0.3 is 6.03 Å². The van der Waals surface area contributed by atoms with E-state index in [1.54, 1.807) is 0 Å². The predicted molar refractivity (Wildman–Crippen MR) is 102 cm³/mol. The van der Waals surface area contributed by atoms with Gasteiger partial charge in [-0.3, -0.25) is 0 Å². The maximum absolute atomic E-state index is 12.0. The first-order chi connectivity index (χ1) is 12.6. The smallest absolute Gasteiger partial charge is 0.315 e. The van der Waals surface area contributed by atoms with E-state index in [0.29, 0.717) is 19.5 Å². The van der Waals surface area contributed by atoms with Crippen molar-refractivity contribution in [1.29, 1.82) is 0 Å². The summed E-state index contributed by atoms with van der Waals surface area (Å²) in [5, 5.41) is 14.4. The zero-order valence-corrected chi connectivity index (χ0v) is 15.7. The quantitative estimate of drug-likeness (QED) is 0.831. The Balaban J connectivity index is 1.41. The molecule has 0 spiro atoms. The van der Waals surface area contributed by atoms with Crippen LogP contribution in [0.25, 0.3) is 0 Å². The summed E-state index contributed by atoms with van der Waals surface area (Å²) in [6, 6.07) is 8.00. The number of carbonyl (C=O) groups excluding carboxylic acids is 1. The molecule has 0 radical (unpaired) electrons. The minimum absolute atomic E-state index is 0.155. The number of aryl methyl sites for hydroxylation is 1. The first-order valence-corrected chi connectivity index (χ1v) is 9.32. The molecular formula is C19H28N6O. The van der Waals surface area contributed by atoms with Crippen LogP contribution in [0.2, 0.25) is 0 Å². The van der Waals surface area contributed by atoms with E-state index in [9.17, 15) is 4.79 Å². The minimum Gasteiger partial charge on any atom is -0.378 e. The Morgan fingerprint density at radius 2 is 1.92 bits per heavy atom. The molecule has 0 saturated carbocycles. The van der Waals surface area contributed by atoms with Crippen molar-refractivity contribution >= 4 is 11.7 Å². The summed E-state index contributed by atoms with van der Waals surface area (Å²) in [4.78, 5) is 14.0. The summed E-state index contributed by atoms with van der Waals surface area (Å²) in [6.45, 7) is 2.07. The summed E-state index contributed by atoms with van der Waals surface area (Å²) < 4.78 is 2.22. The topological polar surface area (TPSA) is 75.1 Å². The van der Waals surface area contributed by atoms with Crippen molar-refractivity contribution < 1.29 is 4.79 Å². The van der Waals surface area contributed by atoms with Crippen LogP contribution < -0.4 is 15.5 Å². The van der Waals surface area contributed by atoms with Crippen molar-refractivity contribution in [3.05, 3.63) is 41.5 Å². The van der Waals surface area contributed by atoms with Gasteiger partial charge in [0.2, 0.25) is 0 Å². The monoisotopic (exact) mass is 356 g/mol. The molecule has 0 unspecified atom stereocenters. The second-order valence-electron chi connectivity index (χ2n) is 6.92. The summed E-state index contributed by atoms with van der Waals surface area (Å²) in [6.07, 6.45) is 5.33. The summed E-state index contributed by atoms with van der Waals surface area (Å²) in [5.41, 5.74) is 2.22. The molecule has 0 bridgehead atoms. The fourth-order valence-corrected chi connectivity index (χ4v) is 3.17. The van der Waals surface area contributed by atoms with E-state index in [1.807, 2.05) is 38.4 Å². The van der Waals surface area contributed by atoms with E-state index < -0.39 is 0 Å². The van der Waals surface area contributed by atoms with Crippen LogP contribution in [-0.4, -0.2) is 41.4 Å². The van der Waals surface area contributed by atoms with Gasteiger partial charge in [0, 0.05) is 52.3 Å². The van der Waals surface area contributed by atoms with Gasteiger partial charge in [-0.05, 0) is 30.5 Å². The average molecular weight is 356 g/mol. The minimum atomic E-state index is -0.155. The molecule has 2 N–H and O–H groups in total. The third-order valence-corrected chi connectivity index (χ3v) is 4.73. The van der Waals surface area contributed by atoms with E-state index >= 15 is 0 Å². The highest BCUT2D eigenvalue weighted by atomic mass is 16.2. The lowest BCUT2D eigenvalue weighted by Gasteiger charge is -2.13. The molecule has 1 aliphatic rings. The van der Waals surface area contributed by atoms with Crippen molar-refractivity contribution in [1.82, 2.24) is 25.4 Å². The standard InChI is InChI=1S/C19H28N6O/c1-24(2)16-9-7-15(8-10-16)14-21-19(26)20-12-11-18-23-22-17-6-4-3-5-13-25(17)18/h7-10H,3-6,11-14H2,1-2H3,(H2,20,21,26). The number of urea groups is 1. The number of benzene rings is 1. The normalized spacial score (nSPS) is 13.6. The number of nitrogens with one attached hydrogen (secondary N) is 2. The maximum atomic E-state index is 12.0. The molecule has 2 heterocycles. The van der Waals surface area contributed by atoms with Crippen LogP contribution in [0.4, 0.5) is 10.5 Å².